The Bertz CT molecular complexity index is 762. The van der Waals surface area contributed by atoms with E-state index in [1.54, 1.807) is 0 Å². The van der Waals surface area contributed by atoms with Gasteiger partial charge in [0.25, 0.3) is 0 Å². The van der Waals surface area contributed by atoms with Crippen LogP contribution in [0.1, 0.15) is 43.4 Å². The number of nitrogens with one attached hydrogen (secondary N) is 1. The molecule has 0 bridgehead atoms. The van der Waals surface area contributed by atoms with Gasteiger partial charge in [-0.3, -0.25) is 0 Å². The Labute approximate surface area is 142 Å². The van der Waals surface area contributed by atoms with Crippen LogP contribution in [0.3, 0.4) is 0 Å². The zero-order chi connectivity index (χ0) is 16.5. The highest BCUT2D eigenvalue weighted by Crippen LogP contribution is 2.25. The number of aromatic nitrogens is 3. The first-order chi connectivity index (χ1) is 11.7. The first kappa shape index (κ1) is 15.4. The quantitative estimate of drug-likeness (QED) is 0.939. The molecule has 4 rings (SSSR count). The summed E-state index contributed by atoms with van der Waals surface area (Å²) in [6.07, 6.45) is 4.35. The fraction of sp³-hybridized carbons (Fsp3) is 0.474. The second-order valence-electron chi connectivity index (χ2n) is 6.97. The van der Waals surface area contributed by atoms with Crippen molar-refractivity contribution in [1.82, 2.24) is 20.1 Å². The first-order valence-electron chi connectivity index (χ1n) is 8.77. The van der Waals surface area contributed by atoms with Crippen LogP contribution in [0.4, 0.5) is 0 Å². The monoisotopic (exact) mass is 324 g/mol. The van der Waals surface area contributed by atoms with Crippen molar-refractivity contribution in [2.45, 2.75) is 45.2 Å². The van der Waals surface area contributed by atoms with Crippen molar-refractivity contribution >= 4 is 6.08 Å². The molecule has 1 aromatic heterocycles. The molecule has 0 saturated heterocycles. The number of ether oxygens (including phenoxy) is 1. The first-order valence-corrected chi connectivity index (χ1v) is 8.77. The molecule has 1 unspecified atom stereocenters. The van der Waals surface area contributed by atoms with Gasteiger partial charge in [-0.2, -0.15) is 5.10 Å². The number of hydrogen-bond donors (Lipinski definition) is 1. The van der Waals surface area contributed by atoms with Gasteiger partial charge in [-0.05, 0) is 24.1 Å². The molecule has 2 aromatic rings. The van der Waals surface area contributed by atoms with E-state index in [-0.39, 0.29) is 0 Å². The van der Waals surface area contributed by atoms with E-state index in [1.807, 2.05) is 12.1 Å². The molecule has 1 atom stereocenters. The van der Waals surface area contributed by atoms with E-state index in [9.17, 15) is 0 Å². The van der Waals surface area contributed by atoms with Gasteiger partial charge in [0.1, 0.15) is 18.2 Å². The molecule has 2 aliphatic rings. The lowest BCUT2D eigenvalue weighted by Gasteiger charge is -2.25. The Morgan fingerprint density at radius 1 is 1.33 bits per heavy atom. The summed E-state index contributed by atoms with van der Waals surface area (Å²) >= 11 is 0. The molecule has 0 saturated carbocycles. The molecular formula is C19H24N4O. The fourth-order valence-corrected chi connectivity index (χ4v) is 3.28. The topological polar surface area (TPSA) is 52.0 Å². The molecule has 5 heteroatoms. The van der Waals surface area contributed by atoms with Crippen molar-refractivity contribution in [2.75, 3.05) is 13.2 Å². The fourth-order valence-electron chi connectivity index (χ4n) is 3.28. The molecule has 0 amide bonds. The highest BCUT2D eigenvalue weighted by Gasteiger charge is 2.22. The van der Waals surface area contributed by atoms with Crippen molar-refractivity contribution in [3.05, 3.63) is 47.1 Å². The second-order valence-corrected chi connectivity index (χ2v) is 6.97. The standard InChI is InChI=1S/C19H24N4O/c1-13(2)19-21-18-8-7-16(11-23(18)22-19)20-10-14-9-15-5-3-4-6-17(15)24-12-14/h3-6,9,13,16,20H,7-8,10-12H2,1-2H3. The maximum atomic E-state index is 5.83. The summed E-state index contributed by atoms with van der Waals surface area (Å²) in [5.41, 5.74) is 2.46. The highest BCUT2D eigenvalue weighted by atomic mass is 16.5. The molecular weight excluding hydrogens is 300 g/mol. The molecule has 1 aromatic carbocycles. The van der Waals surface area contributed by atoms with Gasteiger partial charge in [0.15, 0.2) is 5.82 Å². The van der Waals surface area contributed by atoms with Crippen LogP contribution in [0.5, 0.6) is 5.75 Å². The molecule has 3 heterocycles. The number of fused-ring (bicyclic) bond motifs is 2. The SMILES string of the molecule is CC(C)c1nc2n(n1)CC(NCC1=Cc3ccccc3OC1)CC2. The van der Waals surface area contributed by atoms with Crippen LogP contribution < -0.4 is 10.1 Å². The third kappa shape index (κ3) is 3.08. The summed E-state index contributed by atoms with van der Waals surface area (Å²) < 4.78 is 7.91. The Morgan fingerprint density at radius 3 is 3.08 bits per heavy atom. The van der Waals surface area contributed by atoms with Crippen LogP contribution >= 0.6 is 0 Å². The van der Waals surface area contributed by atoms with Gasteiger partial charge in [0.05, 0.1) is 6.54 Å². The van der Waals surface area contributed by atoms with Gasteiger partial charge in [0, 0.05) is 30.5 Å². The average Bonchev–Trinajstić information content (AvgIpc) is 3.03. The molecule has 5 nitrogen and oxygen atoms in total. The van der Waals surface area contributed by atoms with Crippen LogP contribution in [0.25, 0.3) is 6.08 Å². The summed E-state index contributed by atoms with van der Waals surface area (Å²) in [5.74, 6) is 3.46. The lowest BCUT2D eigenvalue weighted by molar-refractivity contribution is 0.330. The predicted molar refractivity (Wildman–Crippen MR) is 94.1 cm³/mol. The van der Waals surface area contributed by atoms with Crippen molar-refractivity contribution in [1.29, 1.82) is 0 Å². The number of nitrogens with zero attached hydrogens (tertiary/aromatic N) is 3. The number of rotatable bonds is 4. The third-order valence-electron chi connectivity index (χ3n) is 4.70. The van der Waals surface area contributed by atoms with E-state index >= 15 is 0 Å². The van der Waals surface area contributed by atoms with E-state index < -0.39 is 0 Å². The minimum Gasteiger partial charge on any atom is -0.489 e. The van der Waals surface area contributed by atoms with Crippen LogP contribution in [-0.4, -0.2) is 34.0 Å². The van der Waals surface area contributed by atoms with Crippen LogP contribution in [0.15, 0.2) is 29.8 Å². The second kappa shape index (κ2) is 6.40. The van der Waals surface area contributed by atoms with Gasteiger partial charge < -0.3 is 10.1 Å². The molecule has 0 spiro atoms. The molecule has 2 aliphatic heterocycles. The molecule has 24 heavy (non-hydrogen) atoms. The van der Waals surface area contributed by atoms with E-state index in [2.05, 4.69) is 52.1 Å². The summed E-state index contributed by atoms with van der Waals surface area (Å²) in [6, 6.07) is 8.63. The summed E-state index contributed by atoms with van der Waals surface area (Å²) in [5, 5.41) is 8.32. The van der Waals surface area contributed by atoms with Crippen LogP contribution in [0.2, 0.25) is 0 Å². The zero-order valence-electron chi connectivity index (χ0n) is 14.3. The molecule has 1 N–H and O–H groups in total. The lowest BCUT2D eigenvalue weighted by Crippen LogP contribution is -2.39. The highest BCUT2D eigenvalue weighted by molar-refractivity contribution is 5.62. The number of aryl methyl sites for hydroxylation is 1. The zero-order valence-corrected chi connectivity index (χ0v) is 14.3. The molecule has 0 fully saturated rings. The normalized spacial score (nSPS) is 19.5. The van der Waals surface area contributed by atoms with Gasteiger partial charge in [-0.25, -0.2) is 9.67 Å². The van der Waals surface area contributed by atoms with Crippen molar-refractivity contribution in [3.8, 4) is 5.75 Å². The summed E-state index contributed by atoms with van der Waals surface area (Å²) in [6.45, 7) is 6.72. The summed E-state index contributed by atoms with van der Waals surface area (Å²) in [4.78, 5) is 4.65. The van der Waals surface area contributed by atoms with Crippen molar-refractivity contribution in [3.63, 3.8) is 0 Å². The van der Waals surface area contributed by atoms with Gasteiger partial charge >= 0.3 is 0 Å². The van der Waals surface area contributed by atoms with Crippen molar-refractivity contribution < 1.29 is 4.74 Å². The molecule has 0 aliphatic carbocycles. The van der Waals surface area contributed by atoms with Gasteiger partial charge in [0.2, 0.25) is 0 Å². The number of benzene rings is 1. The Kier molecular flexibility index (Phi) is 4.10. The van der Waals surface area contributed by atoms with Gasteiger partial charge in [-0.1, -0.05) is 32.0 Å². The minimum absolute atomic E-state index is 0.388. The smallest absolute Gasteiger partial charge is 0.153 e. The summed E-state index contributed by atoms with van der Waals surface area (Å²) in [7, 11) is 0. The number of hydrogen-bond acceptors (Lipinski definition) is 4. The average molecular weight is 324 g/mol. The maximum Gasteiger partial charge on any atom is 0.153 e. The number of para-hydroxylation sites is 1. The Morgan fingerprint density at radius 2 is 2.21 bits per heavy atom. The largest absolute Gasteiger partial charge is 0.489 e. The van der Waals surface area contributed by atoms with Crippen molar-refractivity contribution in [2.24, 2.45) is 0 Å². The minimum atomic E-state index is 0.388. The molecule has 126 valence electrons. The van der Waals surface area contributed by atoms with Crippen LogP contribution in [0, 0.1) is 0 Å². The Balaban J connectivity index is 1.38. The Hall–Kier alpha value is -2.14. The third-order valence-corrected chi connectivity index (χ3v) is 4.70. The van der Waals surface area contributed by atoms with E-state index in [0.717, 1.165) is 43.3 Å². The lowest BCUT2D eigenvalue weighted by atomic mass is 10.1. The van der Waals surface area contributed by atoms with Crippen LogP contribution in [-0.2, 0) is 13.0 Å². The van der Waals surface area contributed by atoms with E-state index in [4.69, 9.17) is 4.74 Å². The van der Waals surface area contributed by atoms with Gasteiger partial charge in [-0.15, -0.1) is 0 Å². The van der Waals surface area contributed by atoms with E-state index in [0.29, 0.717) is 18.6 Å². The van der Waals surface area contributed by atoms with E-state index in [1.165, 1.54) is 11.1 Å². The maximum absolute atomic E-state index is 5.83. The molecule has 0 radical (unpaired) electrons. The predicted octanol–water partition coefficient (Wildman–Crippen LogP) is 2.78.